The highest BCUT2D eigenvalue weighted by Crippen LogP contribution is 2.22. The monoisotopic (exact) mass is 248 g/mol. The van der Waals surface area contributed by atoms with Gasteiger partial charge in [0.25, 0.3) is 5.69 Å². The SMILES string of the molecule is CNCC(C)CNc1ccc(C#N)c([N+](=O)[O-])c1. The highest BCUT2D eigenvalue weighted by Gasteiger charge is 2.14. The van der Waals surface area contributed by atoms with Crippen LogP contribution in [0, 0.1) is 27.4 Å². The molecule has 0 saturated carbocycles. The molecule has 0 spiro atoms. The van der Waals surface area contributed by atoms with E-state index in [4.69, 9.17) is 5.26 Å². The van der Waals surface area contributed by atoms with Gasteiger partial charge in [-0.1, -0.05) is 6.92 Å². The van der Waals surface area contributed by atoms with Gasteiger partial charge >= 0.3 is 0 Å². The van der Waals surface area contributed by atoms with E-state index in [-0.39, 0.29) is 11.3 Å². The van der Waals surface area contributed by atoms with Gasteiger partial charge in [-0.15, -0.1) is 0 Å². The van der Waals surface area contributed by atoms with Crippen molar-refractivity contribution in [3.8, 4) is 6.07 Å². The zero-order valence-corrected chi connectivity index (χ0v) is 10.4. The van der Waals surface area contributed by atoms with Crippen LogP contribution in [-0.2, 0) is 0 Å². The van der Waals surface area contributed by atoms with Gasteiger partial charge in [-0.2, -0.15) is 5.26 Å². The van der Waals surface area contributed by atoms with E-state index in [2.05, 4.69) is 17.6 Å². The van der Waals surface area contributed by atoms with Crippen LogP contribution in [0.25, 0.3) is 0 Å². The summed E-state index contributed by atoms with van der Waals surface area (Å²) in [6.45, 7) is 3.65. The number of hydrogen-bond acceptors (Lipinski definition) is 5. The molecular formula is C12H16N4O2. The first kappa shape index (κ1) is 13.9. The van der Waals surface area contributed by atoms with E-state index in [0.717, 1.165) is 6.54 Å². The smallest absolute Gasteiger partial charge is 0.289 e. The molecular weight excluding hydrogens is 232 g/mol. The highest BCUT2D eigenvalue weighted by molar-refractivity contribution is 5.59. The summed E-state index contributed by atoms with van der Waals surface area (Å²) < 4.78 is 0. The first-order valence-corrected chi connectivity index (χ1v) is 5.65. The van der Waals surface area contributed by atoms with Crippen molar-refractivity contribution >= 4 is 11.4 Å². The minimum atomic E-state index is -0.541. The Morgan fingerprint density at radius 3 is 2.78 bits per heavy atom. The predicted molar refractivity (Wildman–Crippen MR) is 69.4 cm³/mol. The Balaban J connectivity index is 2.77. The second kappa shape index (κ2) is 6.57. The highest BCUT2D eigenvalue weighted by atomic mass is 16.6. The van der Waals surface area contributed by atoms with Crippen molar-refractivity contribution in [1.82, 2.24) is 5.32 Å². The number of nitriles is 1. The third-order valence-corrected chi connectivity index (χ3v) is 2.52. The summed E-state index contributed by atoms with van der Waals surface area (Å²) in [7, 11) is 1.88. The van der Waals surface area contributed by atoms with Gasteiger partial charge in [0.05, 0.1) is 4.92 Å². The topological polar surface area (TPSA) is 91.0 Å². The van der Waals surface area contributed by atoms with Crippen molar-refractivity contribution < 1.29 is 4.92 Å². The summed E-state index contributed by atoms with van der Waals surface area (Å²) in [4.78, 5) is 10.2. The van der Waals surface area contributed by atoms with Crippen LogP contribution < -0.4 is 10.6 Å². The molecule has 1 aromatic rings. The molecule has 6 nitrogen and oxygen atoms in total. The van der Waals surface area contributed by atoms with Gasteiger partial charge in [0.2, 0.25) is 0 Å². The van der Waals surface area contributed by atoms with Gasteiger partial charge < -0.3 is 10.6 Å². The summed E-state index contributed by atoms with van der Waals surface area (Å²) in [6, 6.07) is 6.34. The minimum absolute atomic E-state index is 0.0776. The van der Waals surface area contributed by atoms with E-state index >= 15 is 0 Å². The van der Waals surface area contributed by atoms with Gasteiger partial charge in [0.15, 0.2) is 0 Å². The Labute approximate surface area is 106 Å². The van der Waals surface area contributed by atoms with Gasteiger partial charge in [-0.25, -0.2) is 0 Å². The fourth-order valence-corrected chi connectivity index (χ4v) is 1.60. The lowest BCUT2D eigenvalue weighted by atomic mass is 10.1. The quantitative estimate of drug-likeness (QED) is 0.591. The molecule has 0 aliphatic rings. The van der Waals surface area contributed by atoms with Crippen molar-refractivity contribution in [2.45, 2.75) is 6.92 Å². The van der Waals surface area contributed by atoms with Crippen molar-refractivity contribution in [2.75, 3.05) is 25.5 Å². The van der Waals surface area contributed by atoms with Crippen LogP contribution >= 0.6 is 0 Å². The van der Waals surface area contributed by atoms with Crippen molar-refractivity contribution in [3.63, 3.8) is 0 Å². The maximum atomic E-state index is 10.8. The molecule has 0 aromatic heterocycles. The summed E-state index contributed by atoms with van der Waals surface area (Å²) in [5.74, 6) is 0.407. The second-order valence-corrected chi connectivity index (χ2v) is 4.14. The van der Waals surface area contributed by atoms with E-state index in [9.17, 15) is 10.1 Å². The largest absolute Gasteiger partial charge is 0.385 e. The molecule has 0 bridgehead atoms. The zero-order chi connectivity index (χ0) is 13.5. The number of nitrogens with one attached hydrogen (secondary N) is 2. The van der Waals surface area contributed by atoms with Crippen LogP contribution in [0.3, 0.4) is 0 Å². The third-order valence-electron chi connectivity index (χ3n) is 2.52. The number of hydrogen-bond donors (Lipinski definition) is 2. The molecule has 1 rings (SSSR count). The van der Waals surface area contributed by atoms with E-state index in [1.165, 1.54) is 12.1 Å². The Morgan fingerprint density at radius 1 is 1.50 bits per heavy atom. The summed E-state index contributed by atoms with van der Waals surface area (Å²) in [5, 5.41) is 25.7. The Hall–Kier alpha value is -2.13. The van der Waals surface area contributed by atoms with E-state index in [0.29, 0.717) is 18.2 Å². The maximum absolute atomic E-state index is 10.8. The van der Waals surface area contributed by atoms with E-state index in [1.807, 2.05) is 13.1 Å². The normalized spacial score (nSPS) is 11.6. The Kier molecular flexibility index (Phi) is 5.08. The second-order valence-electron chi connectivity index (χ2n) is 4.14. The summed E-state index contributed by atoms with van der Waals surface area (Å²) in [5.41, 5.74) is 0.571. The van der Waals surface area contributed by atoms with Crippen molar-refractivity contribution in [2.24, 2.45) is 5.92 Å². The average molecular weight is 248 g/mol. The van der Waals surface area contributed by atoms with Crippen LogP contribution in [0.2, 0.25) is 0 Å². The molecule has 1 atom stereocenters. The van der Waals surface area contributed by atoms with Crippen molar-refractivity contribution in [1.29, 1.82) is 5.26 Å². The molecule has 2 N–H and O–H groups in total. The molecule has 18 heavy (non-hydrogen) atoms. The van der Waals surface area contributed by atoms with Gasteiger partial charge in [-0.05, 0) is 31.6 Å². The van der Waals surface area contributed by atoms with E-state index < -0.39 is 4.92 Å². The summed E-state index contributed by atoms with van der Waals surface area (Å²) in [6.07, 6.45) is 0. The standard InChI is InChI=1S/C12H16N4O2/c1-9(7-14-2)8-15-11-4-3-10(6-13)12(5-11)16(17)18/h3-5,9,14-15H,7-8H2,1-2H3. The van der Waals surface area contributed by atoms with Gasteiger partial charge in [-0.3, -0.25) is 10.1 Å². The lowest BCUT2D eigenvalue weighted by molar-refractivity contribution is -0.385. The minimum Gasteiger partial charge on any atom is -0.385 e. The number of nitro benzene ring substituents is 1. The molecule has 0 heterocycles. The molecule has 0 fully saturated rings. The predicted octanol–water partition coefficient (Wildman–Crippen LogP) is 1.73. The molecule has 0 aliphatic heterocycles. The Morgan fingerprint density at radius 2 is 2.22 bits per heavy atom. The Bertz CT molecular complexity index is 468. The lowest BCUT2D eigenvalue weighted by Crippen LogP contribution is -2.22. The molecule has 0 saturated heterocycles. The van der Waals surface area contributed by atoms with Gasteiger partial charge in [0, 0.05) is 18.3 Å². The fourth-order valence-electron chi connectivity index (χ4n) is 1.60. The van der Waals surface area contributed by atoms with Crippen LogP contribution in [0.4, 0.5) is 11.4 Å². The number of rotatable bonds is 6. The first-order chi connectivity index (χ1) is 8.58. The average Bonchev–Trinajstić information content (AvgIpc) is 2.36. The van der Waals surface area contributed by atoms with Crippen LogP contribution in [0.5, 0.6) is 0 Å². The van der Waals surface area contributed by atoms with Crippen LogP contribution in [0.1, 0.15) is 12.5 Å². The number of anilines is 1. The number of benzene rings is 1. The zero-order valence-electron chi connectivity index (χ0n) is 10.4. The first-order valence-electron chi connectivity index (χ1n) is 5.65. The third kappa shape index (κ3) is 3.71. The molecule has 96 valence electrons. The molecule has 0 aliphatic carbocycles. The van der Waals surface area contributed by atoms with Gasteiger partial charge in [0.1, 0.15) is 11.6 Å². The van der Waals surface area contributed by atoms with Crippen LogP contribution in [0.15, 0.2) is 18.2 Å². The molecule has 6 heteroatoms. The molecule has 1 aromatic carbocycles. The summed E-state index contributed by atoms with van der Waals surface area (Å²) >= 11 is 0. The van der Waals surface area contributed by atoms with Crippen LogP contribution in [-0.4, -0.2) is 25.1 Å². The number of nitro groups is 1. The number of nitrogens with zero attached hydrogens (tertiary/aromatic N) is 2. The molecule has 1 unspecified atom stereocenters. The van der Waals surface area contributed by atoms with E-state index in [1.54, 1.807) is 6.07 Å². The maximum Gasteiger partial charge on any atom is 0.289 e. The molecule has 0 radical (unpaired) electrons. The fraction of sp³-hybridized carbons (Fsp3) is 0.417. The van der Waals surface area contributed by atoms with Crippen molar-refractivity contribution in [3.05, 3.63) is 33.9 Å². The lowest BCUT2D eigenvalue weighted by Gasteiger charge is -2.12. The molecule has 0 amide bonds.